The Balaban J connectivity index is 0.00000289. The van der Waals surface area contributed by atoms with Crippen molar-refractivity contribution in [2.75, 3.05) is 6.54 Å². The Kier molecular flexibility index (Phi) is 8.45. The van der Waals surface area contributed by atoms with Gasteiger partial charge < -0.3 is 10.6 Å². The van der Waals surface area contributed by atoms with Crippen LogP contribution in [0.1, 0.15) is 33.3 Å². The smallest absolute Gasteiger partial charge is 0.191 e. The molecule has 1 rings (SSSR count). The van der Waals surface area contributed by atoms with Crippen molar-refractivity contribution >= 4 is 57.2 Å². The summed E-state index contributed by atoms with van der Waals surface area (Å²) in [4.78, 5) is 4.56. The molecule has 0 aliphatic rings. The number of hydrogen-bond acceptors (Lipinski definition) is 2. The van der Waals surface area contributed by atoms with Gasteiger partial charge in [0.05, 0.1) is 10.3 Å². The van der Waals surface area contributed by atoms with Crippen LogP contribution in [0.15, 0.2) is 20.2 Å². The highest BCUT2D eigenvalue weighted by Crippen LogP contribution is 2.21. The fraction of sp³-hybridized carbons (Fsp3) is 0.583. The zero-order valence-electron chi connectivity index (χ0n) is 11.2. The summed E-state index contributed by atoms with van der Waals surface area (Å²) in [6.45, 7) is 10.0. The largest absolute Gasteiger partial charge is 0.357 e. The molecule has 0 atom stereocenters. The van der Waals surface area contributed by atoms with Crippen molar-refractivity contribution < 1.29 is 0 Å². The number of hydrogen-bond donors (Lipinski definition) is 2. The standard InChI is InChI=1S/C12H20BrN3S.HI/c1-5-14-11(16-12(2,3)4)15-7-9-6-10(13)17-8-9;/h6,8H,5,7H2,1-4H3,(H2,14,15,16);1H. The first-order chi connectivity index (χ1) is 7.90. The normalized spacial score (nSPS) is 11.9. The van der Waals surface area contributed by atoms with Crippen LogP contribution in [0.3, 0.4) is 0 Å². The number of rotatable bonds is 3. The van der Waals surface area contributed by atoms with Gasteiger partial charge in [0, 0.05) is 12.1 Å². The van der Waals surface area contributed by atoms with E-state index in [0.29, 0.717) is 6.54 Å². The minimum atomic E-state index is 0. The molecular formula is C12H21BrIN3S. The van der Waals surface area contributed by atoms with Gasteiger partial charge in [-0.1, -0.05) is 0 Å². The summed E-state index contributed by atoms with van der Waals surface area (Å²) < 4.78 is 1.15. The maximum Gasteiger partial charge on any atom is 0.191 e. The number of nitrogens with zero attached hydrogens (tertiary/aromatic N) is 1. The van der Waals surface area contributed by atoms with E-state index in [1.165, 1.54) is 5.56 Å². The average molecular weight is 446 g/mol. The topological polar surface area (TPSA) is 36.4 Å². The van der Waals surface area contributed by atoms with Crippen LogP contribution in [0.5, 0.6) is 0 Å². The molecule has 0 aliphatic carbocycles. The molecule has 1 aromatic heterocycles. The second-order valence-corrected chi connectivity index (χ2v) is 7.12. The summed E-state index contributed by atoms with van der Waals surface area (Å²) in [5.74, 6) is 0.863. The molecule has 0 amide bonds. The van der Waals surface area contributed by atoms with E-state index in [1.807, 2.05) is 0 Å². The lowest BCUT2D eigenvalue weighted by atomic mass is 10.1. The summed E-state index contributed by atoms with van der Waals surface area (Å²) in [6, 6.07) is 2.11. The van der Waals surface area contributed by atoms with Crippen LogP contribution in [-0.4, -0.2) is 18.0 Å². The highest BCUT2D eigenvalue weighted by molar-refractivity contribution is 14.0. The minimum absolute atomic E-state index is 0. The lowest BCUT2D eigenvalue weighted by Gasteiger charge is -2.23. The summed E-state index contributed by atoms with van der Waals surface area (Å²) in [5.41, 5.74) is 1.25. The summed E-state index contributed by atoms with van der Waals surface area (Å²) in [7, 11) is 0. The molecule has 0 unspecified atom stereocenters. The summed E-state index contributed by atoms with van der Waals surface area (Å²) >= 11 is 5.15. The fourth-order valence-corrected chi connectivity index (χ4v) is 2.46. The van der Waals surface area contributed by atoms with Gasteiger partial charge >= 0.3 is 0 Å². The van der Waals surface area contributed by atoms with E-state index in [1.54, 1.807) is 11.3 Å². The molecule has 1 heterocycles. The van der Waals surface area contributed by atoms with Crippen LogP contribution < -0.4 is 10.6 Å². The fourth-order valence-electron chi connectivity index (χ4n) is 1.26. The first-order valence-corrected chi connectivity index (χ1v) is 7.37. The first-order valence-electron chi connectivity index (χ1n) is 5.70. The van der Waals surface area contributed by atoms with Crippen LogP contribution in [0.25, 0.3) is 0 Å². The third kappa shape index (κ3) is 7.58. The van der Waals surface area contributed by atoms with E-state index in [-0.39, 0.29) is 29.5 Å². The van der Waals surface area contributed by atoms with Crippen molar-refractivity contribution in [3.63, 3.8) is 0 Å². The Labute approximate surface area is 139 Å². The van der Waals surface area contributed by atoms with Crippen molar-refractivity contribution in [1.29, 1.82) is 0 Å². The van der Waals surface area contributed by atoms with E-state index >= 15 is 0 Å². The maximum absolute atomic E-state index is 4.56. The van der Waals surface area contributed by atoms with Crippen LogP contribution in [0.2, 0.25) is 0 Å². The van der Waals surface area contributed by atoms with Gasteiger partial charge in [0.15, 0.2) is 5.96 Å². The molecule has 0 saturated heterocycles. The number of halogens is 2. The third-order valence-electron chi connectivity index (χ3n) is 1.88. The quantitative estimate of drug-likeness (QED) is 0.419. The Bertz CT molecular complexity index is 385. The molecular weight excluding hydrogens is 425 g/mol. The lowest BCUT2D eigenvalue weighted by Crippen LogP contribution is -2.47. The molecule has 1 aromatic rings. The second-order valence-electron chi connectivity index (χ2n) is 4.83. The predicted molar refractivity (Wildman–Crippen MR) is 95.1 cm³/mol. The van der Waals surface area contributed by atoms with Gasteiger partial charge in [-0.05, 0) is 60.6 Å². The van der Waals surface area contributed by atoms with Gasteiger partial charge in [0.1, 0.15) is 0 Å². The van der Waals surface area contributed by atoms with Gasteiger partial charge in [-0.25, -0.2) is 4.99 Å². The monoisotopic (exact) mass is 445 g/mol. The Morgan fingerprint density at radius 1 is 1.44 bits per heavy atom. The van der Waals surface area contributed by atoms with Crippen molar-refractivity contribution in [3.8, 4) is 0 Å². The molecule has 0 bridgehead atoms. The highest BCUT2D eigenvalue weighted by Gasteiger charge is 2.11. The summed E-state index contributed by atoms with van der Waals surface area (Å²) in [5, 5.41) is 8.73. The zero-order valence-corrected chi connectivity index (χ0v) is 15.9. The van der Waals surface area contributed by atoms with Gasteiger partial charge in [0.25, 0.3) is 0 Å². The number of thiophene rings is 1. The Morgan fingerprint density at radius 3 is 2.56 bits per heavy atom. The molecule has 2 N–H and O–H groups in total. The van der Waals surface area contributed by atoms with E-state index in [2.05, 4.69) is 70.7 Å². The van der Waals surface area contributed by atoms with Crippen LogP contribution in [-0.2, 0) is 6.54 Å². The predicted octanol–water partition coefficient (Wildman–Crippen LogP) is 3.98. The van der Waals surface area contributed by atoms with Gasteiger partial charge in [-0.15, -0.1) is 35.3 Å². The van der Waals surface area contributed by atoms with Crippen LogP contribution in [0.4, 0.5) is 0 Å². The molecule has 0 spiro atoms. The number of aliphatic imine (C=N–C) groups is 1. The molecule has 18 heavy (non-hydrogen) atoms. The summed E-state index contributed by atoms with van der Waals surface area (Å²) in [6.07, 6.45) is 0. The van der Waals surface area contributed by atoms with Crippen molar-refractivity contribution in [1.82, 2.24) is 10.6 Å². The molecule has 104 valence electrons. The average Bonchev–Trinajstić information content (AvgIpc) is 2.59. The van der Waals surface area contributed by atoms with Crippen molar-refractivity contribution in [3.05, 3.63) is 20.8 Å². The Hall–Kier alpha value is 0.180. The number of nitrogens with one attached hydrogen (secondary N) is 2. The van der Waals surface area contributed by atoms with Gasteiger partial charge in [0.2, 0.25) is 0 Å². The molecule has 6 heteroatoms. The van der Waals surface area contributed by atoms with Crippen LogP contribution in [0, 0.1) is 0 Å². The molecule has 0 saturated carbocycles. The van der Waals surface area contributed by atoms with Gasteiger partial charge in [-0.2, -0.15) is 0 Å². The Morgan fingerprint density at radius 2 is 2.11 bits per heavy atom. The molecule has 0 fully saturated rings. The first kappa shape index (κ1) is 18.2. The molecule has 0 aliphatic heterocycles. The lowest BCUT2D eigenvalue weighted by molar-refractivity contribution is 0.501. The maximum atomic E-state index is 4.56. The van der Waals surface area contributed by atoms with Crippen molar-refractivity contribution in [2.24, 2.45) is 4.99 Å². The highest BCUT2D eigenvalue weighted by atomic mass is 127. The van der Waals surface area contributed by atoms with Gasteiger partial charge in [-0.3, -0.25) is 0 Å². The second kappa shape index (κ2) is 8.37. The SMILES string of the molecule is CCNC(=NCc1csc(Br)c1)NC(C)(C)C.I. The van der Waals surface area contributed by atoms with E-state index in [0.717, 1.165) is 16.3 Å². The van der Waals surface area contributed by atoms with E-state index in [9.17, 15) is 0 Å². The van der Waals surface area contributed by atoms with Crippen LogP contribution >= 0.6 is 51.2 Å². The molecule has 3 nitrogen and oxygen atoms in total. The molecule has 0 radical (unpaired) electrons. The van der Waals surface area contributed by atoms with E-state index < -0.39 is 0 Å². The number of guanidine groups is 1. The molecule has 0 aromatic carbocycles. The minimum Gasteiger partial charge on any atom is -0.357 e. The third-order valence-corrected chi connectivity index (χ3v) is 3.43. The van der Waals surface area contributed by atoms with Crippen molar-refractivity contribution in [2.45, 2.75) is 39.8 Å². The van der Waals surface area contributed by atoms with E-state index in [4.69, 9.17) is 0 Å². The zero-order chi connectivity index (χ0) is 12.9.